The van der Waals surface area contributed by atoms with Gasteiger partial charge in [0, 0.05) is 19.2 Å². The summed E-state index contributed by atoms with van der Waals surface area (Å²) >= 11 is 0. The number of aromatic nitrogens is 1. The van der Waals surface area contributed by atoms with Gasteiger partial charge in [-0.2, -0.15) is 23.8 Å². The maximum Gasteiger partial charge on any atom is 0.392 e. The van der Waals surface area contributed by atoms with Crippen LogP contribution in [0.3, 0.4) is 0 Å². The number of benzene rings is 1. The maximum atomic E-state index is 13.0. The van der Waals surface area contributed by atoms with Crippen LogP contribution in [-0.4, -0.2) is 36.8 Å². The molecule has 1 aromatic heterocycles. The van der Waals surface area contributed by atoms with Crippen LogP contribution in [0, 0.1) is 17.1 Å². The van der Waals surface area contributed by atoms with E-state index in [1.54, 1.807) is 19.1 Å². The lowest BCUT2D eigenvalue weighted by atomic mass is 9.93. The second-order valence-corrected chi connectivity index (χ2v) is 9.98. The van der Waals surface area contributed by atoms with E-state index in [0.29, 0.717) is 27.2 Å². The highest BCUT2D eigenvalue weighted by Gasteiger charge is 2.44. The van der Waals surface area contributed by atoms with Crippen molar-refractivity contribution in [2.45, 2.75) is 50.1 Å². The van der Waals surface area contributed by atoms with Crippen molar-refractivity contribution in [3.05, 3.63) is 41.6 Å². The number of amides is 1. The van der Waals surface area contributed by atoms with Gasteiger partial charge in [-0.05, 0) is 55.7 Å². The molecule has 0 atom stereocenters. The molecule has 1 aliphatic carbocycles. The average molecular weight is 496 g/mol. The van der Waals surface area contributed by atoms with Crippen LogP contribution in [0.25, 0.3) is 0 Å². The Kier molecular flexibility index (Phi) is 6.75. The standard InChI is InChI=1S/C23H26F3N4O3S/c1-15-12-18(28-20(13-15)33-11-8-23(24,25)26)21(31)29-17-3-2-16(34(27)32)14-19(17)30-9-6-22(4-5-22)7-10-30/h2-3,12-14,27H,4-11H2,1H3,(H,29,31)/q-1. The number of halogens is 3. The van der Waals surface area contributed by atoms with Crippen molar-refractivity contribution in [2.75, 3.05) is 29.9 Å². The van der Waals surface area contributed by atoms with Crippen LogP contribution in [0.2, 0.25) is 0 Å². The SMILES string of the molecule is Cc1cc(OCCC(F)(F)F)nc(C(=O)Nc2ccc([S-](=N)=O)cc2N2CCC3(CC2)CC3)c1. The number of ether oxygens (including phenoxy) is 1. The van der Waals surface area contributed by atoms with E-state index in [-0.39, 0.29) is 11.6 Å². The maximum absolute atomic E-state index is 13.0. The molecule has 1 aliphatic heterocycles. The number of anilines is 2. The number of aryl methyl sites for hydroxylation is 1. The van der Waals surface area contributed by atoms with Crippen molar-refractivity contribution < 1.29 is 26.9 Å². The summed E-state index contributed by atoms with van der Waals surface area (Å²) in [5, 5.41) is 2.82. The van der Waals surface area contributed by atoms with Gasteiger partial charge in [0.15, 0.2) is 0 Å². The summed E-state index contributed by atoms with van der Waals surface area (Å²) in [6.45, 7) is 2.71. The third-order valence-corrected chi connectivity index (χ3v) is 7.05. The highest BCUT2D eigenvalue weighted by atomic mass is 32.2. The number of carbonyl (C=O) groups excluding carboxylic acids is 1. The van der Waals surface area contributed by atoms with Crippen molar-refractivity contribution >= 4 is 27.9 Å². The number of hydrogen-bond donors (Lipinski definition) is 2. The Morgan fingerprint density at radius 3 is 2.53 bits per heavy atom. The van der Waals surface area contributed by atoms with E-state index in [9.17, 15) is 22.2 Å². The molecule has 2 heterocycles. The van der Waals surface area contributed by atoms with Gasteiger partial charge in [-0.3, -0.25) is 4.79 Å². The van der Waals surface area contributed by atoms with Gasteiger partial charge in [0.2, 0.25) is 5.88 Å². The molecule has 4 rings (SSSR count). The van der Waals surface area contributed by atoms with Crippen LogP contribution in [0.4, 0.5) is 24.5 Å². The van der Waals surface area contributed by atoms with Crippen LogP contribution >= 0.6 is 0 Å². The van der Waals surface area contributed by atoms with E-state index in [1.807, 2.05) is 0 Å². The van der Waals surface area contributed by atoms with E-state index in [4.69, 9.17) is 9.52 Å². The Balaban J connectivity index is 1.53. The van der Waals surface area contributed by atoms with Gasteiger partial charge in [-0.25, -0.2) is 4.98 Å². The average Bonchev–Trinajstić information content (AvgIpc) is 3.52. The van der Waals surface area contributed by atoms with E-state index >= 15 is 0 Å². The Labute approximate surface area is 197 Å². The first-order chi connectivity index (χ1) is 16.0. The number of nitrogens with zero attached hydrogens (tertiary/aromatic N) is 2. The van der Waals surface area contributed by atoms with E-state index < -0.39 is 35.7 Å². The number of piperidine rings is 1. The van der Waals surface area contributed by atoms with Gasteiger partial charge in [-0.1, -0.05) is 17.0 Å². The highest BCUT2D eigenvalue weighted by molar-refractivity contribution is 7.73. The smallest absolute Gasteiger partial charge is 0.392 e. The molecule has 1 spiro atoms. The molecule has 1 aromatic carbocycles. The molecule has 34 heavy (non-hydrogen) atoms. The number of alkyl halides is 3. The molecule has 0 radical (unpaired) electrons. The molecule has 11 heteroatoms. The van der Waals surface area contributed by atoms with Gasteiger partial charge in [0.05, 0.1) is 24.4 Å². The third-order valence-electron chi connectivity index (χ3n) is 6.37. The molecule has 1 saturated heterocycles. The first-order valence-electron chi connectivity index (χ1n) is 11.1. The largest absolute Gasteiger partial charge is 0.477 e. The summed E-state index contributed by atoms with van der Waals surface area (Å²) in [5.74, 6) is -0.596. The molecule has 2 aliphatic rings. The Morgan fingerprint density at radius 1 is 1.21 bits per heavy atom. The van der Waals surface area contributed by atoms with Crippen molar-refractivity contribution in [1.82, 2.24) is 4.98 Å². The fourth-order valence-electron chi connectivity index (χ4n) is 4.18. The van der Waals surface area contributed by atoms with Crippen LogP contribution in [-0.2, 0) is 14.8 Å². The lowest BCUT2D eigenvalue weighted by Crippen LogP contribution is -2.35. The minimum absolute atomic E-state index is 0.0108. The van der Waals surface area contributed by atoms with Gasteiger partial charge < -0.3 is 23.9 Å². The fraction of sp³-hybridized carbons (Fsp3) is 0.478. The molecule has 2 fully saturated rings. The summed E-state index contributed by atoms with van der Waals surface area (Å²) in [4.78, 5) is 19.5. The van der Waals surface area contributed by atoms with Crippen LogP contribution < -0.4 is 15.0 Å². The Hall–Kier alpha value is -2.82. The number of carbonyl (C=O) groups is 1. The summed E-state index contributed by atoms with van der Waals surface area (Å²) in [5.41, 5.74) is 2.26. The molecule has 184 valence electrons. The molecule has 1 amide bonds. The number of nitrogens with one attached hydrogen (secondary N) is 2. The monoisotopic (exact) mass is 495 g/mol. The number of rotatable bonds is 7. The summed E-state index contributed by atoms with van der Waals surface area (Å²) < 4.78 is 61.6. The van der Waals surface area contributed by atoms with Crippen LogP contribution in [0.15, 0.2) is 35.2 Å². The van der Waals surface area contributed by atoms with E-state index in [0.717, 1.165) is 25.9 Å². The fourth-order valence-corrected chi connectivity index (χ4v) is 4.59. The van der Waals surface area contributed by atoms with Gasteiger partial charge >= 0.3 is 6.18 Å². The third kappa shape index (κ3) is 5.99. The minimum Gasteiger partial charge on any atom is -0.477 e. The van der Waals surface area contributed by atoms with Gasteiger partial charge in [-0.15, -0.1) is 0 Å². The number of hydrogen-bond acceptors (Lipinski definition) is 7. The second-order valence-electron chi connectivity index (χ2n) is 8.97. The highest BCUT2D eigenvalue weighted by Crippen LogP contribution is 2.54. The molecule has 2 N–H and O–H groups in total. The van der Waals surface area contributed by atoms with Crippen molar-refractivity contribution in [2.24, 2.45) is 5.41 Å². The second kappa shape index (κ2) is 9.44. The van der Waals surface area contributed by atoms with Crippen molar-refractivity contribution in [3.63, 3.8) is 0 Å². The first-order valence-corrected chi connectivity index (χ1v) is 12.2. The van der Waals surface area contributed by atoms with Gasteiger partial charge in [0.25, 0.3) is 5.91 Å². The van der Waals surface area contributed by atoms with E-state index in [2.05, 4.69) is 15.2 Å². The van der Waals surface area contributed by atoms with Gasteiger partial charge in [0.1, 0.15) is 5.69 Å². The Bertz CT molecular complexity index is 1140. The van der Waals surface area contributed by atoms with Crippen LogP contribution in [0.1, 0.15) is 48.2 Å². The summed E-state index contributed by atoms with van der Waals surface area (Å²) in [6.07, 6.45) is -0.877. The molecular weight excluding hydrogens is 469 g/mol. The van der Waals surface area contributed by atoms with Crippen molar-refractivity contribution in [3.8, 4) is 5.88 Å². The molecule has 2 aromatic rings. The zero-order valence-electron chi connectivity index (χ0n) is 18.7. The molecular formula is C23H26F3N4O3S-. The Morgan fingerprint density at radius 2 is 1.91 bits per heavy atom. The predicted molar refractivity (Wildman–Crippen MR) is 122 cm³/mol. The summed E-state index contributed by atoms with van der Waals surface area (Å²) in [6, 6.07) is 7.81. The molecule has 7 nitrogen and oxygen atoms in total. The quantitative estimate of drug-likeness (QED) is 0.499. The topological polar surface area (TPSA) is 95.4 Å². The number of pyridine rings is 1. The zero-order valence-corrected chi connectivity index (χ0v) is 19.5. The summed E-state index contributed by atoms with van der Waals surface area (Å²) in [7, 11) is -1.92. The molecule has 0 bridgehead atoms. The lowest BCUT2D eigenvalue weighted by molar-refractivity contribution is -0.139. The molecule has 0 unspecified atom stereocenters. The molecule has 1 saturated carbocycles. The minimum atomic E-state index is -4.34. The first kappa shape index (κ1) is 24.3. The predicted octanol–water partition coefficient (Wildman–Crippen LogP) is 5.44. The van der Waals surface area contributed by atoms with Crippen LogP contribution in [0.5, 0.6) is 5.88 Å². The normalized spacial score (nSPS) is 17.1. The lowest BCUT2D eigenvalue weighted by Gasteiger charge is -2.35. The zero-order chi connectivity index (χ0) is 24.5. The van der Waals surface area contributed by atoms with Crippen molar-refractivity contribution in [1.29, 1.82) is 4.78 Å². The van der Waals surface area contributed by atoms with E-state index in [1.165, 1.54) is 31.0 Å².